The molecule has 0 bridgehead atoms. The van der Waals surface area contributed by atoms with Crippen molar-refractivity contribution in [3.8, 4) is 22.9 Å². The third kappa shape index (κ3) is 3.59. The van der Waals surface area contributed by atoms with Gasteiger partial charge in [0.1, 0.15) is 28.2 Å². The lowest BCUT2D eigenvalue weighted by molar-refractivity contribution is 0.316. The number of sulfonamides is 1. The van der Waals surface area contributed by atoms with Gasteiger partial charge in [-0.05, 0) is 52.8 Å². The van der Waals surface area contributed by atoms with Crippen LogP contribution in [0.3, 0.4) is 0 Å². The van der Waals surface area contributed by atoms with Crippen LogP contribution < -0.4 is 9.04 Å². The average molecular weight is 426 g/mol. The molecule has 0 spiro atoms. The van der Waals surface area contributed by atoms with Gasteiger partial charge >= 0.3 is 0 Å². The number of nitriles is 1. The Hall–Kier alpha value is -2.89. The maximum absolute atomic E-state index is 13.3. The van der Waals surface area contributed by atoms with E-state index in [1.54, 1.807) is 30.3 Å². The summed E-state index contributed by atoms with van der Waals surface area (Å²) >= 11 is 1.36. The molecule has 0 N–H and O–H groups in total. The molecule has 29 heavy (non-hydrogen) atoms. The monoisotopic (exact) mass is 425 g/mol. The van der Waals surface area contributed by atoms with Gasteiger partial charge < -0.3 is 4.74 Å². The molecule has 0 fully saturated rings. The zero-order chi connectivity index (χ0) is 20.6. The zero-order valence-electron chi connectivity index (χ0n) is 16.0. The van der Waals surface area contributed by atoms with Gasteiger partial charge in [0.2, 0.25) is 0 Å². The van der Waals surface area contributed by atoms with E-state index in [9.17, 15) is 8.42 Å². The van der Waals surface area contributed by atoms with Crippen LogP contribution in [0.5, 0.6) is 5.75 Å². The smallest absolute Gasteiger partial charge is 0.266 e. The lowest BCUT2D eigenvalue weighted by Gasteiger charge is -2.30. The minimum atomic E-state index is -3.78. The number of thiophene rings is 1. The molecule has 3 aromatic rings. The van der Waals surface area contributed by atoms with Gasteiger partial charge in [-0.2, -0.15) is 5.26 Å². The van der Waals surface area contributed by atoms with E-state index in [2.05, 4.69) is 11.1 Å². The fourth-order valence-corrected chi connectivity index (χ4v) is 5.28. The first-order chi connectivity index (χ1) is 13.9. The van der Waals surface area contributed by atoms with Gasteiger partial charge in [0.15, 0.2) is 0 Å². The minimum Gasteiger partial charge on any atom is -0.489 e. The van der Waals surface area contributed by atoms with Crippen molar-refractivity contribution in [1.82, 2.24) is 4.98 Å². The molecular weight excluding hydrogens is 406 g/mol. The van der Waals surface area contributed by atoms with Gasteiger partial charge in [-0.15, -0.1) is 11.3 Å². The van der Waals surface area contributed by atoms with Crippen LogP contribution in [-0.2, 0) is 10.0 Å². The van der Waals surface area contributed by atoms with Crippen LogP contribution in [0.25, 0.3) is 11.1 Å². The summed E-state index contributed by atoms with van der Waals surface area (Å²) in [5.74, 6) is 0.744. The molecule has 1 aliphatic rings. The maximum atomic E-state index is 13.3. The Kier molecular flexibility index (Phi) is 5.03. The van der Waals surface area contributed by atoms with Gasteiger partial charge in [0, 0.05) is 11.9 Å². The molecule has 2 aromatic heterocycles. The molecule has 0 saturated carbocycles. The summed E-state index contributed by atoms with van der Waals surface area (Å²) in [6.07, 6.45) is 1.42. The van der Waals surface area contributed by atoms with E-state index in [4.69, 9.17) is 10.00 Å². The van der Waals surface area contributed by atoms with E-state index in [0.29, 0.717) is 16.3 Å². The predicted octanol–water partition coefficient (Wildman–Crippen LogP) is 4.39. The minimum absolute atomic E-state index is 0.155. The third-order valence-electron chi connectivity index (χ3n) is 4.76. The fourth-order valence-electron chi connectivity index (χ4n) is 3.18. The Morgan fingerprint density at radius 1 is 1.21 bits per heavy atom. The highest BCUT2D eigenvalue weighted by Gasteiger charge is 2.31. The second-order valence-electron chi connectivity index (χ2n) is 6.99. The topological polar surface area (TPSA) is 83.3 Å². The highest BCUT2D eigenvalue weighted by atomic mass is 32.2. The quantitative estimate of drug-likeness (QED) is 0.619. The van der Waals surface area contributed by atoms with Crippen LogP contribution in [0.4, 0.5) is 5.69 Å². The van der Waals surface area contributed by atoms with Crippen molar-refractivity contribution in [2.75, 3.05) is 17.5 Å². The van der Waals surface area contributed by atoms with E-state index in [1.165, 1.54) is 21.8 Å². The molecule has 6 nitrogen and oxygen atoms in total. The zero-order valence-corrected chi connectivity index (χ0v) is 17.6. The Balaban J connectivity index is 1.75. The molecular formula is C21H19N3O3S2. The van der Waals surface area contributed by atoms with Crippen molar-refractivity contribution in [3.05, 3.63) is 58.5 Å². The number of rotatable bonds is 4. The highest BCUT2D eigenvalue weighted by molar-refractivity contribution is 7.92. The van der Waals surface area contributed by atoms with Crippen LogP contribution in [0.2, 0.25) is 0 Å². The van der Waals surface area contributed by atoms with E-state index in [-0.39, 0.29) is 24.0 Å². The van der Waals surface area contributed by atoms with Crippen LogP contribution in [0, 0.1) is 11.3 Å². The number of benzene rings is 1. The molecule has 3 heterocycles. The summed E-state index contributed by atoms with van der Waals surface area (Å²) in [7, 11) is -3.78. The predicted molar refractivity (Wildman–Crippen MR) is 113 cm³/mol. The second-order valence-corrected chi connectivity index (χ2v) is 9.77. The molecule has 0 saturated heterocycles. The number of anilines is 1. The second kappa shape index (κ2) is 7.50. The number of aromatic nitrogens is 1. The van der Waals surface area contributed by atoms with Crippen LogP contribution in [0.15, 0.2) is 52.9 Å². The Morgan fingerprint density at radius 2 is 2.03 bits per heavy atom. The summed E-state index contributed by atoms with van der Waals surface area (Å²) in [5.41, 5.74) is 3.05. The number of fused-ring (bicyclic) bond motifs is 1. The summed E-state index contributed by atoms with van der Waals surface area (Å²) in [4.78, 5) is 5.07. The van der Waals surface area contributed by atoms with Gasteiger partial charge in [0.05, 0.1) is 12.2 Å². The standard InChI is InChI=1S/C21H19N3O3S2/c1-14(2)19-5-4-18(12-23-19)29(25,26)24-7-8-27-21-6-3-15(10-20(21)24)16-9-17(11-22)28-13-16/h3-6,9-10,12-14H,7-8H2,1-2H3. The number of hydrogen-bond acceptors (Lipinski definition) is 6. The molecule has 4 rings (SSSR count). The lowest BCUT2D eigenvalue weighted by Crippen LogP contribution is -2.38. The van der Waals surface area contributed by atoms with E-state index < -0.39 is 10.0 Å². The molecule has 0 radical (unpaired) electrons. The Morgan fingerprint density at radius 3 is 2.69 bits per heavy atom. The normalized spacial score (nSPS) is 13.7. The number of ether oxygens (including phenoxy) is 1. The lowest BCUT2D eigenvalue weighted by atomic mass is 10.1. The molecule has 0 atom stereocenters. The van der Waals surface area contributed by atoms with Crippen molar-refractivity contribution in [1.29, 1.82) is 5.26 Å². The van der Waals surface area contributed by atoms with E-state index >= 15 is 0 Å². The van der Waals surface area contributed by atoms with Gasteiger partial charge in [-0.25, -0.2) is 8.42 Å². The van der Waals surface area contributed by atoms with Crippen molar-refractivity contribution < 1.29 is 13.2 Å². The summed E-state index contributed by atoms with van der Waals surface area (Å²) < 4.78 is 33.7. The van der Waals surface area contributed by atoms with Crippen molar-refractivity contribution in [2.45, 2.75) is 24.7 Å². The largest absolute Gasteiger partial charge is 0.489 e. The maximum Gasteiger partial charge on any atom is 0.266 e. The molecule has 1 aromatic carbocycles. The van der Waals surface area contributed by atoms with Crippen molar-refractivity contribution >= 4 is 27.0 Å². The molecule has 0 amide bonds. The van der Waals surface area contributed by atoms with Crippen molar-refractivity contribution in [3.63, 3.8) is 0 Å². The van der Waals surface area contributed by atoms with Crippen LogP contribution >= 0.6 is 11.3 Å². The van der Waals surface area contributed by atoms with Gasteiger partial charge in [0.25, 0.3) is 10.0 Å². The summed E-state index contributed by atoms with van der Waals surface area (Å²) in [5, 5.41) is 11.0. The Labute approximate surface area is 174 Å². The first-order valence-corrected chi connectivity index (χ1v) is 11.5. The molecule has 0 unspecified atom stereocenters. The first-order valence-electron chi connectivity index (χ1n) is 9.14. The number of nitrogens with zero attached hydrogens (tertiary/aromatic N) is 3. The van der Waals surface area contributed by atoms with Crippen molar-refractivity contribution in [2.24, 2.45) is 0 Å². The number of hydrogen-bond donors (Lipinski definition) is 0. The van der Waals surface area contributed by atoms with Crippen LogP contribution in [0.1, 0.15) is 30.3 Å². The average Bonchev–Trinajstić information content (AvgIpc) is 3.22. The highest BCUT2D eigenvalue weighted by Crippen LogP contribution is 2.39. The van der Waals surface area contributed by atoms with Gasteiger partial charge in [-0.3, -0.25) is 9.29 Å². The summed E-state index contributed by atoms with van der Waals surface area (Å²) in [6, 6.07) is 12.7. The fraction of sp³-hybridized carbons (Fsp3) is 0.238. The third-order valence-corrected chi connectivity index (χ3v) is 7.39. The first kappa shape index (κ1) is 19.4. The van der Waals surface area contributed by atoms with E-state index in [1.807, 2.05) is 25.3 Å². The molecule has 148 valence electrons. The van der Waals surface area contributed by atoms with Crippen LogP contribution in [-0.4, -0.2) is 26.6 Å². The Bertz CT molecular complexity index is 1190. The summed E-state index contributed by atoms with van der Waals surface area (Å²) in [6.45, 7) is 4.52. The molecule has 0 aliphatic carbocycles. The number of pyridine rings is 1. The van der Waals surface area contributed by atoms with Gasteiger partial charge in [-0.1, -0.05) is 19.9 Å². The SMILES string of the molecule is CC(C)c1ccc(S(=O)(=O)N2CCOc3ccc(-c4csc(C#N)c4)cc32)cn1. The molecule has 8 heteroatoms. The molecule has 1 aliphatic heterocycles. The van der Waals surface area contributed by atoms with E-state index in [0.717, 1.165) is 16.8 Å².